The second-order valence-electron chi connectivity index (χ2n) is 9.58. The Morgan fingerprint density at radius 2 is 1.89 bits per heavy atom. The molecule has 2 rings (SSSR count). The molecule has 0 fully saturated rings. The molecule has 0 saturated carbocycles. The molecule has 0 radical (unpaired) electrons. The van der Waals surface area contributed by atoms with Crippen molar-refractivity contribution in [2.24, 2.45) is 0 Å². The molecule has 1 aromatic carbocycles. The minimum Gasteiger partial charge on any atom is -0.453 e. The maximum atomic E-state index is 12.6. The number of ether oxygens (including phenoxy) is 1. The van der Waals surface area contributed by atoms with Crippen molar-refractivity contribution in [1.29, 1.82) is 5.26 Å². The number of rotatable bonds is 10. The molecule has 0 unspecified atom stereocenters. The number of aromatic nitrogens is 2. The summed E-state index contributed by atoms with van der Waals surface area (Å²) in [5.41, 5.74) is 1.47. The van der Waals surface area contributed by atoms with E-state index in [0.29, 0.717) is 42.3 Å². The van der Waals surface area contributed by atoms with Gasteiger partial charge in [-0.2, -0.15) is 10.2 Å². The Hall–Kier alpha value is -4.31. The number of hydrogen-bond acceptors (Lipinski definition) is 8. The molecular formula is C28H37N7O3. The predicted molar refractivity (Wildman–Crippen MR) is 148 cm³/mol. The highest BCUT2D eigenvalue weighted by Gasteiger charge is 2.35. The lowest BCUT2D eigenvalue weighted by molar-refractivity contribution is -0.127. The van der Waals surface area contributed by atoms with E-state index in [-0.39, 0.29) is 5.91 Å². The third-order valence-corrected chi connectivity index (χ3v) is 5.46. The molecule has 3 N–H and O–H groups in total. The lowest BCUT2D eigenvalue weighted by Gasteiger charge is -2.38. The van der Waals surface area contributed by atoms with Crippen molar-refractivity contribution in [3.63, 3.8) is 0 Å². The Labute approximate surface area is 225 Å². The number of amides is 2. The van der Waals surface area contributed by atoms with Crippen LogP contribution in [0.4, 0.5) is 22.2 Å². The third kappa shape index (κ3) is 8.97. The number of carbonyl (C=O) groups is 2. The first-order chi connectivity index (χ1) is 18.1. The van der Waals surface area contributed by atoms with Crippen LogP contribution < -0.4 is 16.0 Å². The van der Waals surface area contributed by atoms with E-state index in [2.05, 4.69) is 50.8 Å². The number of unbranched alkanes of at least 4 members (excludes halogenated alkanes) is 1. The molecule has 1 atom stereocenters. The first-order valence-electron chi connectivity index (χ1n) is 12.6. The number of nitrogens with zero attached hydrogens (tertiary/aromatic N) is 4. The van der Waals surface area contributed by atoms with Crippen molar-refractivity contribution in [1.82, 2.24) is 20.2 Å². The quantitative estimate of drug-likeness (QED) is 0.310. The fourth-order valence-electron chi connectivity index (χ4n) is 3.59. The summed E-state index contributed by atoms with van der Waals surface area (Å²) < 4.78 is 4.85. The van der Waals surface area contributed by atoms with Crippen molar-refractivity contribution in [2.75, 3.05) is 30.8 Å². The predicted octanol–water partition coefficient (Wildman–Crippen LogP) is 4.42. The summed E-state index contributed by atoms with van der Waals surface area (Å²) in [4.78, 5) is 35.1. The third-order valence-electron chi connectivity index (χ3n) is 5.46. The molecule has 10 nitrogen and oxygen atoms in total. The largest absolute Gasteiger partial charge is 0.453 e. The highest BCUT2D eigenvalue weighted by Crippen LogP contribution is 2.19. The fraction of sp³-hybridized carbons (Fsp3) is 0.464. The zero-order valence-corrected chi connectivity index (χ0v) is 23.0. The van der Waals surface area contributed by atoms with Gasteiger partial charge in [0.2, 0.25) is 11.9 Å². The highest BCUT2D eigenvalue weighted by atomic mass is 16.5. The van der Waals surface area contributed by atoms with Gasteiger partial charge in [0.25, 0.3) is 0 Å². The highest BCUT2D eigenvalue weighted by molar-refractivity contribution is 5.85. The van der Waals surface area contributed by atoms with E-state index in [9.17, 15) is 9.59 Å². The second kappa shape index (κ2) is 14.4. The summed E-state index contributed by atoms with van der Waals surface area (Å²) >= 11 is 0. The molecular weight excluding hydrogens is 482 g/mol. The van der Waals surface area contributed by atoms with Crippen molar-refractivity contribution >= 4 is 29.5 Å². The number of nitrogens with one attached hydrogen (secondary N) is 3. The average Bonchev–Trinajstić information content (AvgIpc) is 2.89. The van der Waals surface area contributed by atoms with Gasteiger partial charge in [-0.3, -0.25) is 9.69 Å². The van der Waals surface area contributed by atoms with E-state index in [1.54, 1.807) is 37.4 Å². The molecule has 38 heavy (non-hydrogen) atoms. The van der Waals surface area contributed by atoms with Crippen LogP contribution in [0, 0.1) is 23.2 Å². The van der Waals surface area contributed by atoms with E-state index in [4.69, 9.17) is 10.00 Å². The maximum Gasteiger partial charge on any atom is 0.410 e. The summed E-state index contributed by atoms with van der Waals surface area (Å²) in [6.07, 6.45) is 3.26. The van der Waals surface area contributed by atoms with Crippen LogP contribution in [-0.4, -0.2) is 58.6 Å². The van der Waals surface area contributed by atoms with Crippen LogP contribution in [0.3, 0.4) is 0 Å². The average molecular weight is 520 g/mol. The Morgan fingerprint density at radius 1 is 1.18 bits per heavy atom. The van der Waals surface area contributed by atoms with Crippen LogP contribution in [0.5, 0.6) is 0 Å². The first kappa shape index (κ1) is 29.9. The molecule has 0 aliphatic heterocycles. The molecule has 0 spiro atoms. The van der Waals surface area contributed by atoms with E-state index < -0.39 is 17.7 Å². The number of benzene rings is 1. The van der Waals surface area contributed by atoms with E-state index in [1.165, 1.54) is 12.0 Å². The number of carbonyl (C=O) groups excluding carboxylic acids is 2. The summed E-state index contributed by atoms with van der Waals surface area (Å²) in [6.45, 7) is 10.5. The smallest absolute Gasteiger partial charge is 0.410 e. The van der Waals surface area contributed by atoms with Crippen LogP contribution in [0.15, 0.2) is 30.5 Å². The number of nitriles is 1. The van der Waals surface area contributed by atoms with Crippen molar-refractivity contribution in [3.05, 3.63) is 41.6 Å². The van der Waals surface area contributed by atoms with E-state index in [1.807, 2.05) is 20.8 Å². The fourth-order valence-corrected chi connectivity index (χ4v) is 3.59. The summed E-state index contributed by atoms with van der Waals surface area (Å²) in [5.74, 6) is 7.05. The molecule has 0 aliphatic carbocycles. The minimum absolute atomic E-state index is 0.247. The normalized spacial score (nSPS) is 11.3. The molecule has 1 aromatic heterocycles. The van der Waals surface area contributed by atoms with Gasteiger partial charge in [-0.05, 0) is 64.8 Å². The van der Waals surface area contributed by atoms with Gasteiger partial charge in [0.15, 0.2) is 0 Å². The van der Waals surface area contributed by atoms with Gasteiger partial charge in [0.1, 0.15) is 11.9 Å². The summed E-state index contributed by atoms with van der Waals surface area (Å²) in [6, 6.07) is 8.46. The monoisotopic (exact) mass is 519 g/mol. The summed E-state index contributed by atoms with van der Waals surface area (Å²) in [7, 11) is 1.30. The number of anilines is 3. The molecule has 1 heterocycles. The van der Waals surface area contributed by atoms with Crippen molar-refractivity contribution in [3.8, 4) is 17.9 Å². The van der Waals surface area contributed by atoms with E-state index in [0.717, 1.165) is 18.7 Å². The van der Waals surface area contributed by atoms with Gasteiger partial charge in [-0.25, -0.2) is 9.78 Å². The zero-order valence-electron chi connectivity index (χ0n) is 23.0. The van der Waals surface area contributed by atoms with Gasteiger partial charge in [-0.15, -0.1) is 0 Å². The maximum absolute atomic E-state index is 12.6. The van der Waals surface area contributed by atoms with Crippen LogP contribution >= 0.6 is 0 Å². The molecule has 2 amide bonds. The molecule has 0 saturated heterocycles. The SMILES string of the molecule is CCCNc1nc(Nc2ccc(C#N)cc2)ncc1C#CCCCNC(=O)[C@H](C)N(C(=O)OC)C(C)(C)C. The number of hydrogen-bond donors (Lipinski definition) is 3. The molecule has 0 aliphatic rings. The lowest BCUT2D eigenvalue weighted by Crippen LogP contribution is -2.56. The number of methoxy groups -OCH3 is 1. The molecule has 2 aromatic rings. The molecule has 0 bridgehead atoms. The van der Waals surface area contributed by atoms with Gasteiger partial charge in [0.05, 0.1) is 30.5 Å². The van der Waals surface area contributed by atoms with Crippen LogP contribution in [0.1, 0.15) is 65.0 Å². The molecule has 202 valence electrons. The van der Waals surface area contributed by atoms with Crippen LogP contribution in [-0.2, 0) is 9.53 Å². The first-order valence-corrected chi connectivity index (χ1v) is 12.6. The van der Waals surface area contributed by atoms with Crippen molar-refractivity contribution in [2.45, 2.75) is 65.5 Å². The van der Waals surface area contributed by atoms with Crippen LogP contribution in [0.2, 0.25) is 0 Å². The zero-order chi connectivity index (χ0) is 28.1. The Morgan fingerprint density at radius 3 is 2.50 bits per heavy atom. The van der Waals surface area contributed by atoms with E-state index >= 15 is 0 Å². The van der Waals surface area contributed by atoms with Crippen LogP contribution in [0.25, 0.3) is 0 Å². The van der Waals surface area contributed by atoms with Gasteiger partial charge in [-0.1, -0.05) is 18.8 Å². The second-order valence-corrected chi connectivity index (χ2v) is 9.58. The van der Waals surface area contributed by atoms with Crippen molar-refractivity contribution < 1.29 is 14.3 Å². The van der Waals surface area contributed by atoms with Gasteiger partial charge >= 0.3 is 6.09 Å². The Balaban J connectivity index is 1.96. The molecule has 10 heteroatoms. The van der Waals surface area contributed by atoms with Gasteiger partial charge in [0, 0.05) is 30.7 Å². The Bertz CT molecular complexity index is 1190. The standard InChI is InChI=1S/C28H37N7O3/c1-7-16-30-24-22(19-32-26(34-24)33-23-14-12-21(18-29)13-15-23)11-9-8-10-17-31-25(36)20(2)35(27(37)38-6)28(3,4)5/h12-15,19-20H,7-8,10,16-17H2,1-6H3,(H,31,36)(H2,30,32,33,34)/t20-/m0/s1. The topological polar surface area (TPSA) is 132 Å². The lowest BCUT2D eigenvalue weighted by atomic mass is 10.0. The van der Waals surface area contributed by atoms with Gasteiger partial charge < -0.3 is 20.7 Å². The summed E-state index contributed by atoms with van der Waals surface area (Å²) in [5, 5.41) is 18.2. The minimum atomic E-state index is -0.672. The Kier molecular flexibility index (Phi) is 11.4.